The summed E-state index contributed by atoms with van der Waals surface area (Å²) in [6.07, 6.45) is 5.49. The Labute approximate surface area is 146 Å². The smallest absolute Gasteiger partial charge is 0.267 e. The van der Waals surface area contributed by atoms with Crippen LogP contribution in [0.25, 0.3) is 6.08 Å². The highest BCUT2D eigenvalue weighted by Gasteiger charge is 2.15. The lowest BCUT2D eigenvalue weighted by molar-refractivity contribution is -0.124. The van der Waals surface area contributed by atoms with E-state index < -0.39 is 15.7 Å². The van der Waals surface area contributed by atoms with E-state index in [1.54, 1.807) is 24.4 Å². The number of rotatable bonds is 7. The molecule has 0 unspecified atom stereocenters. The van der Waals surface area contributed by atoms with Gasteiger partial charge in [0.2, 0.25) is 0 Å². The van der Waals surface area contributed by atoms with Crippen LogP contribution in [0.3, 0.4) is 0 Å². The highest BCUT2D eigenvalue weighted by molar-refractivity contribution is 7.91. The minimum absolute atomic E-state index is 0.112. The lowest BCUT2D eigenvalue weighted by atomic mass is 10.2. The van der Waals surface area contributed by atoms with Crippen molar-refractivity contribution in [3.63, 3.8) is 0 Å². The van der Waals surface area contributed by atoms with Crippen molar-refractivity contribution >= 4 is 27.5 Å². The number of hydrogen-bond acceptors (Lipinski definition) is 5. The Kier molecular flexibility index (Phi) is 6.50. The standard InChI is InChI=1S/C18H18N2O4S/c21-18(20-22)12-11-15-7-4-5-10-17(15)25(23,24)14-6-13-19-16-8-2-1-3-9-16/h1-13,19,22H,14H2,(H,20,21). The fourth-order valence-corrected chi connectivity index (χ4v) is 3.37. The van der Waals surface area contributed by atoms with E-state index in [4.69, 9.17) is 5.21 Å². The topological polar surface area (TPSA) is 95.5 Å². The van der Waals surface area contributed by atoms with Crippen molar-refractivity contribution in [1.29, 1.82) is 0 Å². The molecule has 0 atom stereocenters. The SMILES string of the molecule is O=C(C=Cc1ccccc1S(=O)(=O)CC=CNc1ccccc1)NO. The van der Waals surface area contributed by atoms with Crippen LogP contribution in [0.2, 0.25) is 0 Å². The number of sulfone groups is 1. The highest BCUT2D eigenvalue weighted by Crippen LogP contribution is 2.18. The van der Waals surface area contributed by atoms with Gasteiger partial charge in [0.25, 0.3) is 5.91 Å². The average molecular weight is 358 g/mol. The van der Waals surface area contributed by atoms with E-state index in [9.17, 15) is 13.2 Å². The fraction of sp³-hybridized carbons (Fsp3) is 0.0556. The molecule has 3 N–H and O–H groups in total. The number of para-hydroxylation sites is 1. The normalized spacial score (nSPS) is 11.7. The summed E-state index contributed by atoms with van der Waals surface area (Å²) in [5.41, 5.74) is 2.68. The van der Waals surface area contributed by atoms with Crippen LogP contribution >= 0.6 is 0 Å². The van der Waals surface area contributed by atoms with Crippen molar-refractivity contribution in [3.05, 3.63) is 78.5 Å². The molecule has 130 valence electrons. The second kappa shape index (κ2) is 8.81. The molecule has 2 aromatic carbocycles. The summed E-state index contributed by atoms with van der Waals surface area (Å²) in [6, 6.07) is 15.7. The monoisotopic (exact) mass is 358 g/mol. The van der Waals surface area contributed by atoms with Crippen molar-refractivity contribution in [1.82, 2.24) is 5.48 Å². The van der Waals surface area contributed by atoms with Crippen LogP contribution in [0.4, 0.5) is 5.69 Å². The van der Waals surface area contributed by atoms with Crippen LogP contribution in [-0.4, -0.2) is 25.3 Å². The number of nitrogens with one attached hydrogen (secondary N) is 2. The highest BCUT2D eigenvalue weighted by atomic mass is 32.2. The van der Waals surface area contributed by atoms with E-state index in [0.717, 1.165) is 11.8 Å². The molecule has 0 aliphatic carbocycles. The van der Waals surface area contributed by atoms with E-state index >= 15 is 0 Å². The molecule has 2 aromatic rings. The van der Waals surface area contributed by atoms with Crippen LogP contribution in [0, 0.1) is 0 Å². The number of amides is 1. The first-order valence-corrected chi connectivity index (χ1v) is 9.09. The molecule has 0 fully saturated rings. The van der Waals surface area contributed by atoms with Gasteiger partial charge in [-0.1, -0.05) is 42.5 Å². The summed E-state index contributed by atoms with van der Waals surface area (Å²) < 4.78 is 25.0. The molecule has 0 radical (unpaired) electrons. The average Bonchev–Trinajstić information content (AvgIpc) is 2.64. The summed E-state index contributed by atoms with van der Waals surface area (Å²) in [5, 5.41) is 11.5. The Morgan fingerprint density at radius 1 is 1.04 bits per heavy atom. The zero-order chi connectivity index (χ0) is 18.1. The summed E-state index contributed by atoms with van der Waals surface area (Å²) in [4.78, 5) is 11.2. The van der Waals surface area contributed by atoms with Crippen molar-refractivity contribution in [2.45, 2.75) is 4.90 Å². The summed E-state index contributed by atoms with van der Waals surface area (Å²) in [5.74, 6) is -0.927. The number of hydroxylamine groups is 1. The van der Waals surface area contributed by atoms with Gasteiger partial charge in [-0.25, -0.2) is 13.9 Å². The largest absolute Gasteiger partial charge is 0.362 e. The van der Waals surface area contributed by atoms with Gasteiger partial charge in [0.05, 0.1) is 10.6 Å². The molecule has 0 spiro atoms. The number of hydrogen-bond donors (Lipinski definition) is 3. The Morgan fingerprint density at radius 3 is 2.44 bits per heavy atom. The van der Waals surface area contributed by atoms with E-state index in [0.29, 0.717) is 5.56 Å². The summed E-state index contributed by atoms with van der Waals surface area (Å²) in [6.45, 7) is 0. The lowest BCUT2D eigenvalue weighted by Gasteiger charge is -2.06. The Hall–Kier alpha value is -2.90. The van der Waals surface area contributed by atoms with E-state index in [1.165, 1.54) is 23.7 Å². The molecule has 1 amide bonds. The van der Waals surface area contributed by atoms with Crippen LogP contribution in [0.1, 0.15) is 5.56 Å². The Bertz CT molecular complexity index is 875. The van der Waals surface area contributed by atoms with Gasteiger partial charge in [-0.3, -0.25) is 10.0 Å². The van der Waals surface area contributed by atoms with Crippen molar-refractivity contribution in [2.75, 3.05) is 11.1 Å². The first-order valence-electron chi connectivity index (χ1n) is 7.43. The molecule has 0 heterocycles. The number of anilines is 1. The number of carbonyl (C=O) groups is 1. The summed E-state index contributed by atoms with van der Waals surface area (Å²) >= 11 is 0. The third-order valence-electron chi connectivity index (χ3n) is 3.24. The van der Waals surface area contributed by atoms with Gasteiger partial charge in [-0.2, -0.15) is 0 Å². The number of benzene rings is 2. The quantitative estimate of drug-likeness (QED) is 0.402. The molecule has 0 aliphatic rings. The maximum atomic E-state index is 12.5. The molecule has 0 bridgehead atoms. The Balaban J connectivity index is 2.11. The molecule has 6 nitrogen and oxygen atoms in total. The zero-order valence-corrected chi connectivity index (χ0v) is 14.1. The maximum Gasteiger partial charge on any atom is 0.267 e. The number of carbonyl (C=O) groups excluding carboxylic acids is 1. The van der Waals surface area contributed by atoms with Crippen molar-refractivity contribution in [2.24, 2.45) is 0 Å². The molecule has 2 rings (SSSR count). The predicted molar refractivity (Wildman–Crippen MR) is 96.7 cm³/mol. The predicted octanol–water partition coefficient (Wildman–Crippen LogP) is 2.60. The second-order valence-electron chi connectivity index (χ2n) is 5.04. The van der Waals surface area contributed by atoms with Gasteiger partial charge >= 0.3 is 0 Å². The lowest BCUT2D eigenvalue weighted by Crippen LogP contribution is -2.15. The molecule has 0 saturated heterocycles. The minimum Gasteiger partial charge on any atom is -0.362 e. The molecule has 7 heteroatoms. The Morgan fingerprint density at radius 2 is 1.72 bits per heavy atom. The van der Waals surface area contributed by atoms with E-state index in [2.05, 4.69) is 5.32 Å². The van der Waals surface area contributed by atoms with Crippen LogP contribution in [0.15, 0.2) is 77.8 Å². The molecule has 0 aliphatic heterocycles. The van der Waals surface area contributed by atoms with Gasteiger partial charge < -0.3 is 5.32 Å². The first kappa shape index (κ1) is 18.4. The van der Waals surface area contributed by atoms with Crippen molar-refractivity contribution in [3.8, 4) is 0 Å². The van der Waals surface area contributed by atoms with Crippen LogP contribution < -0.4 is 10.8 Å². The van der Waals surface area contributed by atoms with Gasteiger partial charge in [0.1, 0.15) is 0 Å². The second-order valence-corrected chi connectivity index (χ2v) is 7.04. The van der Waals surface area contributed by atoms with Gasteiger partial charge in [-0.15, -0.1) is 0 Å². The fourth-order valence-electron chi connectivity index (χ4n) is 2.06. The third kappa shape index (κ3) is 5.59. The van der Waals surface area contributed by atoms with E-state index in [1.807, 2.05) is 30.3 Å². The molecular weight excluding hydrogens is 340 g/mol. The van der Waals surface area contributed by atoms with Crippen LogP contribution in [0.5, 0.6) is 0 Å². The van der Waals surface area contributed by atoms with Gasteiger partial charge in [0.15, 0.2) is 9.84 Å². The molecular formula is C18H18N2O4S. The molecule has 25 heavy (non-hydrogen) atoms. The van der Waals surface area contributed by atoms with Crippen molar-refractivity contribution < 1.29 is 18.4 Å². The zero-order valence-electron chi connectivity index (χ0n) is 13.3. The van der Waals surface area contributed by atoms with Gasteiger partial charge in [0, 0.05) is 11.8 Å². The third-order valence-corrected chi connectivity index (χ3v) is 4.91. The van der Waals surface area contributed by atoms with E-state index in [-0.39, 0.29) is 10.6 Å². The minimum atomic E-state index is -3.57. The summed E-state index contributed by atoms with van der Waals surface area (Å²) in [7, 11) is -3.57. The van der Waals surface area contributed by atoms with Gasteiger partial charge in [-0.05, 0) is 36.0 Å². The maximum absolute atomic E-state index is 12.5. The molecule has 0 aromatic heterocycles. The first-order chi connectivity index (χ1) is 12.0. The molecule has 0 saturated carbocycles. The van der Waals surface area contributed by atoms with Crippen LogP contribution in [-0.2, 0) is 14.6 Å².